The minimum atomic E-state index is -0.190. The summed E-state index contributed by atoms with van der Waals surface area (Å²) in [5.74, 6) is 1.18. The topological polar surface area (TPSA) is 26.3 Å². The van der Waals surface area contributed by atoms with Gasteiger partial charge in [0.2, 0.25) is 0 Å². The minimum absolute atomic E-state index is 0.0255. The largest absolute Gasteiger partial charge is 0.451 e. The molecule has 1 atom stereocenters. The predicted octanol–water partition coefficient (Wildman–Crippen LogP) is 2.28. The molecule has 0 bridgehead atoms. The molecule has 0 aliphatic carbocycles. The molecule has 66 valence electrons. The van der Waals surface area contributed by atoms with Gasteiger partial charge in [-0.05, 0) is 11.7 Å². The highest BCUT2D eigenvalue weighted by atomic mass is 32.2. The Morgan fingerprint density at radius 1 is 1.55 bits per heavy atom. The normalized spacial score (nSPS) is 13.2. The Morgan fingerprint density at radius 3 is 2.36 bits per heavy atom. The summed E-state index contributed by atoms with van der Waals surface area (Å²) in [4.78, 5) is 10.6. The van der Waals surface area contributed by atoms with E-state index in [0.717, 1.165) is 5.75 Å². The molecule has 0 heterocycles. The maximum atomic E-state index is 10.6. The lowest BCUT2D eigenvalue weighted by atomic mass is 10.2. The summed E-state index contributed by atoms with van der Waals surface area (Å²) in [7, 11) is 0. The summed E-state index contributed by atoms with van der Waals surface area (Å²) in [6, 6.07) is 0. The number of hydrogen-bond acceptors (Lipinski definition) is 3. The first-order valence-corrected chi connectivity index (χ1v) is 4.91. The van der Waals surface area contributed by atoms with Crippen molar-refractivity contribution in [2.45, 2.75) is 33.1 Å². The molecule has 0 aliphatic heterocycles. The molecular formula is C8H16O2S. The van der Waals surface area contributed by atoms with Crippen LogP contribution in [0.4, 0.5) is 0 Å². The van der Waals surface area contributed by atoms with Gasteiger partial charge in [0.05, 0.1) is 0 Å². The molecule has 0 aromatic heterocycles. The molecule has 3 heteroatoms. The van der Waals surface area contributed by atoms with Crippen LogP contribution >= 0.6 is 11.8 Å². The number of thioether (sulfide) groups is 1. The second-order valence-electron chi connectivity index (χ2n) is 2.68. The lowest BCUT2D eigenvalue weighted by Crippen LogP contribution is -2.18. The first-order chi connectivity index (χ1) is 5.07. The smallest absolute Gasteiger partial charge is 0.303 e. The van der Waals surface area contributed by atoms with Crippen LogP contribution < -0.4 is 0 Å². The Bertz CT molecular complexity index is 123. The fourth-order valence-corrected chi connectivity index (χ4v) is 1.61. The summed E-state index contributed by atoms with van der Waals surface area (Å²) in [5.41, 5.74) is 0.0255. The van der Waals surface area contributed by atoms with Crippen molar-refractivity contribution in [3.05, 3.63) is 0 Å². The monoisotopic (exact) mass is 176 g/mol. The van der Waals surface area contributed by atoms with Crippen molar-refractivity contribution in [3.8, 4) is 0 Å². The molecule has 0 rings (SSSR count). The molecule has 1 unspecified atom stereocenters. The summed E-state index contributed by atoms with van der Waals surface area (Å²) in [6.07, 6.45) is 0. The highest BCUT2D eigenvalue weighted by molar-refractivity contribution is 7.99. The van der Waals surface area contributed by atoms with Crippen molar-refractivity contribution in [1.29, 1.82) is 0 Å². The summed E-state index contributed by atoms with van der Waals surface area (Å²) in [5, 5.41) is 0. The van der Waals surface area contributed by atoms with Gasteiger partial charge in [-0.3, -0.25) is 4.79 Å². The van der Waals surface area contributed by atoms with Gasteiger partial charge in [-0.15, -0.1) is 11.8 Å². The van der Waals surface area contributed by atoms with E-state index in [1.165, 1.54) is 6.92 Å². The Labute approximate surface area is 72.7 Å². The van der Waals surface area contributed by atoms with E-state index in [-0.39, 0.29) is 11.4 Å². The average molecular weight is 176 g/mol. The number of esters is 1. The van der Waals surface area contributed by atoms with Gasteiger partial charge in [-0.1, -0.05) is 20.8 Å². The van der Waals surface area contributed by atoms with Crippen LogP contribution in [-0.2, 0) is 9.53 Å². The van der Waals surface area contributed by atoms with Crippen molar-refractivity contribution in [3.63, 3.8) is 0 Å². The number of carbonyl (C=O) groups is 1. The molecule has 11 heavy (non-hydrogen) atoms. The molecule has 0 radical (unpaired) electrons. The van der Waals surface area contributed by atoms with E-state index in [2.05, 4.69) is 20.8 Å². The second-order valence-corrected chi connectivity index (χ2v) is 4.05. The van der Waals surface area contributed by atoms with Gasteiger partial charge >= 0.3 is 5.97 Å². The molecule has 0 aromatic rings. The third-order valence-corrected chi connectivity index (χ3v) is 2.46. The van der Waals surface area contributed by atoms with Crippen molar-refractivity contribution in [1.82, 2.24) is 0 Å². The third-order valence-electron chi connectivity index (χ3n) is 1.16. The maximum Gasteiger partial charge on any atom is 0.303 e. The van der Waals surface area contributed by atoms with E-state index in [1.54, 1.807) is 11.8 Å². The highest BCUT2D eigenvalue weighted by Crippen LogP contribution is 2.20. The average Bonchev–Trinajstić information content (AvgIpc) is 1.86. The van der Waals surface area contributed by atoms with Crippen LogP contribution in [0.2, 0.25) is 0 Å². The Balaban J connectivity index is 3.79. The van der Waals surface area contributed by atoms with Crippen molar-refractivity contribution < 1.29 is 9.53 Å². The van der Waals surface area contributed by atoms with Gasteiger partial charge in [0.25, 0.3) is 0 Å². The van der Waals surface area contributed by atoms with E-state index < -0.39 is 0 Å². The standard InChI is InChI=1S/C8H16O2S/c1-5-11-8(6(2)3)10-7(4)9/h6,8H,5H2,1-4H3. The Hall–Kier alpha value is -0.180. The van der Waals surface area contributed by atoms with Crippen LogP contribution in [0.1, 0.15) is 27.7 Å². The van der Waals surface area contributed by atoms with Crippen LogP contribution in [0.5, 0.6) is 0 Å². The van der Waals surface area contributed by atoms with Crippen molar-refractivity contribution in [2.75, 3.05) is 5.75 Å². The van der Waals surface area contributed by atoms with Crippen LogP contribution in [0.15, 0.2) is 0 Å². The lowest BCUT2D eigenvalue weighted by molar-refractivity contribution is -0.143. The second kappa shape index (κ2) is 5.47. The molecule has 0 fully saturated rings. The van der Waals surface area contributed by atoms with E-state index in [9.17, 15) is 4.79 Å². The molecule has 0 aliphatic rings. The van der Waals surface area contributed by atoms with Gasteiger partial charge < -0.3 is 4.74 Å². The zero-order valence-corrected chi connectivity index (χ0v) is 8.40. The SMILES string of the molecule is CCSC(OC(C)=O)C(C)C. The van der Waals surface area contributed by atoms with Gasteiger partial charge in [-0.2, -0.15) is 0 Å². The molecule has 0 amide bonds. The molecule has 0 spiro atoms. The fourth-order valence-electron chi connectivity index (χ4n) is 0.690. The molecule has 2 nitrogen and oxygen atoms in total. The molecule has 0 N–H and O–H groups in total. The molecule has 0 saturated carbocycles. The van der Waals surface area contributed by atoms with E-state index in [0.29, 0.717) is 5.92 Å². The number of hydrogen-bond donors (Lipinski definition) is 0. The summed E-state index contributed by atoms with van der Waals surface area (Å²) in [6.45, 7) is 7.61. The zero-order valence-electron chi connectivity index (χ0n) is 7.59. The zero-order chi connectivity index (χ0) is 8.85. The van der Waals surface area contributed by atoms with Gasteiger partial charge in [0.1, 0.15) is 5.44 Å². The van der Waals surface area contributed by atoms with Gasteiger partial charge in [0.15, 0.2) is 0 Å². The minimum Gasteiger partial charge on any atom is -0.451 e. The maximum absolute atomic E-state index is 10.6. The van der Waals surface area contributed by atoms with Crippen LogP contribution in [0.3, 0.4) is 0 Å². The molecular weight excluding hydrogens is 160 g/mol. The van der Waals surface area contributed by atoms with E-state index in [1.807, 2.05) is 0 Å². The van der Waals surface area contributed by atoms with Gasteiger partial charge in [0, 0.05) is 6.92 Å². The van der Waals surface area contributed by atoms with Crippen LogP contribution in [-0.4, -0.2) is 17.2 Å². The highest BCUT2D eigenvalue weighted by Gasteiger charge is 2.15. The Morgan fingerprint density at radius 2 is 2.09 bits per heavy atom. The summed E-state index contributed by atoms with van der Waals surface area (Å²) < 4.78 is 5.08. The van der Waals surface area contributed by atoms with Crippen LogP contribution in [0.25, 0.3) is 0 Å². The molecule has 0 saturated heterocycles. The number of carbonyl (C=O) groups excluding carboxylic acids is 1. The first kappa shape index (κ1) is 10.8. The Kier molecular flexibility index (Phi) is 5.38. The van der Waals surface area contributed by atoms with E-state index >= 15 is 0 Å². The van der Waals surface area contributed by atoms with Crippen molar-refractivity contribution >= 4 is 17.7 Å². The third kappa shape index (κ3) is 5.13. The lowest BCUT2D eigenvalue weighted by Gasteiger charge is -2.18. The molecule has 0 aromatic carbocycles. The van der Waals surface area contributed by atoms with E-state index in [4.69, 9.17) is 4.74 Å². The van der Waals surface area contributed by atoms with Gasteiger partial charge in [-0.25, -0.2) is 0 Å². The fraction of sp³-hybridized carbons (Fsp3) is 0.875. The number of ether oxygens (including phenoxy) is 1. The predicted molar refractivity (Wildman–Crippen MR) is 48.5 cm³/mol. The quantitative estimate of drug-likeness (QED) is 0.485. The first-order valence-electron chi connectivity index (χ1n) is 3.86. The van der Waals surface area contributed by atoms with Crippen molar-refractivity contribution in [2.24, 2.45) is 5.92 Å². The van der Waals surface area contributed by atoms with Crippen LogP contribution in [0, 0.1) is 5.92 Å². The number of rotatable bonds is 4. The summed E-state index contributed by atoms with van der Waals surface area (Å²) >= 11 is 1.67.